The lowest BCUT2D eigenvalue weighted by atomic mass is 10.2. The molecule has 2 N–H and O–H groups in total. The minimum Gasteiger partial charge on any atom is -0.395 e. The molecule has 0 radical (unpaired) electrons. The van der Waals surface area contributed by atoms with Crippen LogP contribution in [0.4, 0.5) is 5.69 Å². The van der Waals surface area contributed by atoms with Crippen molar-refractivity contribution >= 4 is 11.6 Å². The standard InChI is InChI=1S/C15H21N3O2/c1-2-18(9-10-19)8-4-7-15(20)17-14-6-3-5-13(11-14)12-16/h3,5-6,11,19H,2,4,7-10H2,1H3,(H,17,20). The molecule has 1 amide bonds. The summed E-state index contributed by atoms with van der Waals surface area (Å²) in [6.45, 7) is 4.47. The zero-order valence-corrected chi connectivity index (χ0v) is 11.8. The average Bonchev–Trinajstić information content (AvgIpc) is 2.46. The van der Waals surface area contributed by atoms with Gasteiger partial charge in [-0.15, -0.1) is 0 Å². The van der Waals surface area contributed by atoms with Crippen molar-refractivity contribution in [1.29, 1.82) is 5.26 Å². The van der Waals surface area contributed by atoms with E-state index in [9.17, 15) is 4.79 Å². The minimum atomic E-state index is -0.0554. The molecule has 0 spiro atoms. The molecule has 0 saturated heterocycles. The number of rotatable bonds is 8. The summed E-state index contributed by atoms with van der Waals surface area (Å²) < 4.78 is 0. The molecule has 0 heterocycles. The van der Waals surface area contributed by atoms with Crippen molar-refractivity contribution in [2.75, 3.05) is 31.6 Å². The van der Waals surface area contributed by atoms with Crippen molar-refractivity contribution in [3.63, 3.8) is 0 Å². The Morgan fingerprint density at radius 3 is 2.90 bits per heavy atom. The minimum absolute atomic E-state index is 0.0554. The van der Waals surface area contributed by atoms with Crippen LogP contribution in [0.1, 0.15) is 25.3 Å². The molecule has 0 aliphatic rings. The Labute approximate surface area is 119 Å². The van der Waals surface area contributed by atoms with Gasteiger partial charge in [-0.1, -0.05) is 13.0 Å². The molecule has 0 bridgehead atoms. The summed E-state index contributed by atoms with van der Waals surface area (Å²) in [4.78, 5) is 13.9. The Morgan fingerprint density at radius 1 is 1.45 bits per heavy atom. The van der Waals surface area contributed by atoms with Gasteiger partial charge in [-0.05, 0) is 37.7 Å². The van der Waals surface area contributed by atoms with E-state index in [0.29, 0.717) is 24.2 Å². The fourth-order valence-electron chi connectivity index (χ4n) is 1.92. The normalized spacial score (nSPS) is 10.3. The number of carbonyl (C=O) groups is 1. The number of anilines is 1. The molecule has 0 unspecified atom stereocenters. The van der Waals surface area contributed by atoms with Crippen LogP contribution in [0.3, 0.4) is 0 Å². The number of nitrogens with one attached hydrogen (secondary N) is 1. The number of nitrogens with zero attached hydrogens (tertiary/aromatic N) is 2. The van der Waals surface area contributed by atoms with Crippen molar-refractivity contribution in [3.05, 3.63) is 29.8 Å². The Bertz CT molecular complexity index is 468. The van der Waals surface area contributed by atoms with E-state index in [0.717, 1.165) is 19.5 Å². The monoisotopic (exact) mass is 275 g/mol. The van der Waals surface area contributed by atoms with E-state index in [-0.39, 0.29) is 12.5 Å². The molecular formula is C15H21N3O2. The number of nitriles is 1. The van der Waals surface area contributed by atoms with Gasteiger partial charge in [0.15, 0.2) is 0 Å². The summed E-state index contributed by atoms with van der Waals surface area (Å²) in [6, 6.07) is 8.90. The van der Waals surface area contributed by atoms with Crippen LogP contribution in [0.25, 0.3) is 0 Å². The SMILES string of the molecule is CCN(CCO)CCCC(=O)Nc1cccc(C#N)c1. The molecule has 0 aromatic heterocycles. The summed E-state index contributed by atoms with van der Waals surface area (Å²) in [5.74, 6) is -0.0554. The quantitative estimate of drug-likeness (QED) is 0.755. The van der Waals surface area contributed by atoms with Crippen molar-refractivity contribution in [2.45, 2.75) is 19.8 Å². The summed E-state index contributed by atoms with van der Waals surface area (Å²) >= 11 is 0. The first kappa shape index (κ1) is 16.2. The predicted molar refractivity (Wildman–Crippen MR) is 78.2 cm³/mol. The second-order valence-corrected chi connectivity index (χ2v) is 4.50. The van der Waals surface area contributed by atoms with Crippen molar-refractivity contribution in [1.82, 2.24) is 4.90 Å². The predicted octanol–water partition coefficient (Wildman–Crippen LogP) is 1.59. The fourth-order valence-corrected chi connectivity index (χ4v) is 1.92. The van der Waals surface area contributed by atoms with E-state index < -0.39 is 0 Å². The number of hydrogen-bond acceptors (Lipinski definition) is 4. The molecule has 108 valence electrons. The first-order valence-electron chi connectivity index (χ1n) is 6.82. The van der Waals surface area contributed by atoms with Gasteiger partial charge in [0, 0.05) is 18.7 Å². The van der Waals surface area contributed by atoms with Crippen LogP contribution in [0.2, 0.25) is 0 Å². The van der Waals surface area contributed by atoms with Crippen LogP contribution in [0.5, 0.6) is 0 Å². The second kappa shape index (κ2) is 9.08. The highest BCUT2D eigenvalue weighted by Crippen LogP contribution is 2.10. The average molecular weight is 275 g/mol. The zero-order valence-electron chi connectivity index (χ0n) is 11.8. The van der Waals surface area contributed by atoms with E-state index in [2.05, 4.69) is 10.2 Å². The summed E-state index contributed by atoms with van der Waals surface area (Å²) in [7, 11) is 0. The molecular weight excluding hydrogens is 254 g/mol. The first-order chi connectivity index (χ1) is 9.69. The van der Waals surface area contributed by atoms with E-state index >= 15 is 0 Å². The van der Waals surface area contributed by atoms with Gasteiger partial charge in [-0.2, -0.15) is 5.26 Å². The van der Waals surface area contributed by atoms with E-state index in [1.165, 1.54) is 0 Å². The highest BCUT2D eigenvalue weighted by atomic mass is 16.3. The maximum absolute atomic E-state index is 11.8. The van der Waals surface area contributed by atoms with Gasteiger partial charge in [0.1, 0.15) is 0 Å². The Balaban J connectivity index is 2.34. The van der Waals surface area contributed by atoms with Crippen molar-refractivity contribution in [3.8, 4) is 6.07 Å². The van der Waals surface area contributed by atoms with Crippen molar-refractivity contribution < 1.29 is 9.90 Å². The first-order valence-corrected chi connectivity index (χ1v) is 6.82. The van der Waals surface area contributed by atoms with Crippen LogP contribution < -0.4 is 5.32 Å². The van der Waals surface area contributed by atoms with Gasteiger partial charge < -0.3 is 15.3 Å². The molecule has 0 fully saturated rings. The Hall–Kier alpha value is -1.90. The molecule has 0 saturated carbocycles. The van der Waals surface area contributed by atoms with Gasteiger partial charge in [0.05, 0.1) is 18.2 Å². The number of likely N-dealkylation sites (N-methyl/N-ethyl adjacent to an activating group) is 1. The smallest absolute Gasteiger partial charge is 0.224 e. The number of amides is 1. The number of aliphatic hydroxyl groups excluding tert-OH is 1. The Kier molecular flexibility index (Phi) is 7.33. The maximum atomic E-state index is 11.8. The van der Waals surface area contributed by atoms with E-state index in [4.69, 9.17) is 10.4 Å². The van der Waals surface area contributed by atoms with Gasteiger partial charge in [0.25, 0.3) is 0 Å². The molecule has 1 aromatic rings. The lowest BCUT2D eigenvalue weighted by Crippen LogP contribution is -2.28. The highest BCUT2D eigenvalue weighted by molar-refractivity contribution is 5.90. The van der Waals surface area contributed by atoms with Gasteiger partial charge >= 0.3 is 0 Å². The van der Waals surface area contributed by atoms with E-state index in [1.807, 2.05) is 13.0 Å². The molecule has 5 nitrogen and oxygen atoms in total. The van der Waals surface area contributed by atoms with Crippen LogP contribution >= 0.6 is 0 Å². The summed E-state index contributed by atoms with van der Waals surface area (Å²) in [6.07, 6.45) is 1.18. The third-order valence-corrected chi connectivity index (χ3v) is 3.02. The molecule has 0 aliphatic heterocycles. The molecule has 1 rings (SSSR count). The second-order valence-electron chi connectivity index (χ2n) is 4.50. The summed E-state index contributed by atoms with van der Waals surface area (Å²) in [5.41, 5.74) is 1.18. The van der Waals surface area contributed by atoms with Crippen LogP contribution in [0, 0.1) is 11.3 Å². The number of benzene rings is 1. The number of carbonyl (C=O) groups excluding carboxylic acids is 1. The van der Waals surface area contributed by atoms with Crippen LogP contribution in [0.15, 0.2) is 24.3 Å². The Morgan fingerprint density at radius 2 is 2.25 bits per heavy atom. The van der Waals surface area contributed by atoms with Crippen LogP contribution in [-0.2, 0) is 4.79 Å². The molecule has 0 aliphatic carbocycles. The molecule has 0 atom stereocenters. The highest BCUT2D eigenvalue weighted by Gasteiger charge is 2.05. The summed E-state index contributed by atoms with van der Waals surface area (Å²) in [5, 5.41) is 20.4. The molecule has 20 heavy (non-hydrogen) atoms. The molecule has 1 aromatic carbocycles. The van der Waals surface area contributed by atoms with Gasteiger partial charge in [-0.3, -0.25) is 4.79 Å². The lowest BCUT2D eigenvalue weighted by molar-refractivity contribution is -0.116. The maximum Gasteiger partial charge on any atom is 0.224 e. The zero-order chi connectivity index (χ0) is 14.8. The van der Waals surface area contributed by atoms with Crippen LogP contribution in [-0.4, -0.2) is 42.2 Å². The number of aliphatic hydroxyl groups is 1. The number of hydrogen-bond donors (Lipinski definition) is 2. The lowest BCUT2D eigenvalue weighted by Gasteiger charge is -2.18. The van der Waals surface area contributed by atoms with Crippen molar-refractivity contribution in [2.24, 2.45) is 0 Å². The third kappa shape index (κ3) is 5.83. The largest absolute Gasteiger partial charge is 0.395 e. The van der Waals surface area contributed by atoms with Gasteiger partial charge in [-0.25, -0.2) is 0 Å². The fraction of sp³-hybridized carbons (Fsp3) is 0.467. The molecule has 5 heteroatoms. The van der Waals surface area contributed by atoms with Gasteiger partial charge in [0.2, 0.25) is 5.91 Å². The third-order valence-electron chi connectivity index (χ3n) is 3.02. The topological polar surface area (TPSA) is 76.4 Å². The van der Waals surface area contributed by atoms with E-state index in [1.54, 1.807) is 24.3 Å².